The minimum atomic E-state index is -0.624. The van der Waals surface area contributed by atoms with Gasteiger partial charge < -0.3 is 5.32 Å². The average Bonchev–Trinajstić information content (AvgIpc) is 3.01. The molecule has 2 aromatic rings. The fraction of sp³-hybridized carbons (Fsp3) is 0.312. The second-order valence-corrected chi connectivity index (χ2v) is 6.75. The standard InChI is InChI=1S/C16H14ClN5O3/c1-8-4-12-14(13(23)5-8)15(21-16(20-12)18-7-19-21)10-6-9(22(24)25)2-3-11(10)17/h2-3,6-8,15H,4-5H2,1H3,(H,18,19,20). The van der Waals surface area contributed by atoms with Gasteiger partial charge in [0, 0.05) is 40.4 Å². The van der Waals surface area contributed by atoms with Gasteiger partial charge in [0.15, 0.2) is 5.78 Å². The van der Waals surface area contributed by atoms with Gasteiger partial charge in [-0.05, 0) is 18.4 Å². The van der Waals surface area contributed by atoms with E-state index >= 15 is 0 Å². The van der Waals surface area contributed by atoms with Crippen LogP contribution in [0.15, 0.2) is 35.8 Å². The summed E-state index contributed by atoms with van der Waals surface area (Å²) in [4.78, 5) is 27.6. The third kappa shape index (κ3) is 2.49. The number of carbonyl (C=O) groups is 1. The second kappa shape index (κ2) is 5.66. The SMILES string of the molecule is CC1CC(=O)C2=C(C1)Nc1ncnn1C2c1cc([N+](=O)[O-])ccc1Cl. The molecule has 0 fully saturated rings. The molecule has 128 valence electrons. The lowest BCUT2D eigenvalue weighted by Crippen LogP contribution is -2.33. The van der Waals surface area contributed by atoms with Crippen LogP contribution < -0.4 is 5.32 Å². The van der Waals surface area contributed by atoms with Gasteiger partial charge in [-0.1, -0.05) is 18.5 Å². The summed E-state index contributed by atoms with van der Waals surface area (Å²) >= 11 is 6.34. The van der Waals surface area contributed by atoms with Crippen LogP contribution in [0.5, 0.6) is 0 Å². The Labute approximate surface area is 147 Å². The summed E-state index contributed by atoms with van der Waals surface area (Å²) in [7, 11) is 0. The van der Waals surface area contributed by atoms with Crippen molar-refractivity contribution in [2.75, 3.05) is 5.32 Å². The van der Waals surface area contributed by atoms with Gasteiger partial charge in [0.25, 0.3) is 5.69 Å². The highest BCUT2D eigenvalue weighted by Gasteiger charge is 2.39. The van der Waals surface area contributed by atoms with E-state index in [0.29, 0.717) is 34.9 Å². The van der Waals surface area contributed by atoms with Gasteiger partial charge in [-0.3, -0.25) is 14.9 Å². The highest BCUT2D eigenvalue weighted by molar-refractivity contribution is 6.31. The molecule has 8 nitrogen and oxygen atoms in total. The lowest BCUT2D eigenvalue weighted by atomic mass is 9.81. The summed E-state index contributed by atoms with van der Waals surface area (Å²) in [5.74, 6) is 0.706. The molecule has 1 aliphatic carbocycles. The Morgan fingerprint density at radius 2 is 2.20 bits per heavy atom. The van der Waals surface area contributed by atoms with Gasteiger partial charge in [0.05, 0.1) is 4.92 Å². The molecule has 0 spiro atoms. The van der Waals surface area contributed by atoms with Crippen LogP contribution in [0.1, 0.15) is 31.4 Å². The molecule has 0 radical (unpaired) electrons. The van der Waals surface area contributed by atoms with Crippen LogP contribution in [0.2, 0.25) is 5.02 Å². The Morgan fingerprint density at radius 1 is 1.40 bits per heavy atom. The number of benzene rings is 1. The predicted molar refractivity (Wildman–Crippen MR) is 90.3 cm³/mol. The monoisotopic (exact) mass is 359 g/mol. The number of fused-ring (bicyclic) bond motifs is 1. The predicted octanol–water partition coefficient (Wildman–Crippen LogP) is 3.11. The first-order valence-corrected chi connectivity index (χ1v) is 8.20. The second-order valence-electron chi connectivity index (χ2n) is 6.35. The normalized spacial score (nSPS) is 22.2. The Bertz CT molecular complexity index is 936. The summed E-state index contributed by atoms with van der Waals surface area (Å²) in [6.45, 7) is 2.01. The molecule has 0 bridgehead atoms. The molecule has 2 aliphatic rings. The zero-order valence-electron chi connectivity index (χ0n) is 13.3. The number of anilines is 1. The van der Waals surface area contributed by atoms with E-state index in [4.69, 9.17) is 11.6 Å². The van der Waals surface area contributed by atoms with Crippen molar-refractivity contribution in [1.29, 1.82) is 0 Å². The topological polar surface area (TPSA) is 103 Å². The number of rotatable bonds is 2. The number of halogens is 1. The van der Waals surface area contributed by atoms with Gasteiger partial charge in [-0.2, -0.15) is 10.1 Å². The largest absolute Gasteiger partial charge is 0.328 e. The number of allylic oxidation sites excluding steroid dienone is 2. The number of nitro benzene ring substituents is 1. The van der Waals surface area contributed by atoms with Crippen molar-refractivity contribution in [1.82, 2.24) is 14.8 Å². The first kappa shape index (κ1) is 15.8. The van der Waals surface area contributed by atoms with Crippen molar-refractivity contribution in [2.45, 2.75) is 25.8 Å². The van der Waals surface area contributed by atoms with Crippen LogP contribution in [0.4, 0.5) is 11.6 Å². The molecule has 0 amide bonds. The van der Waals surface area contributed by atoms with Crippen LogP contribution in [0, 0.1) is 16.0 Å². The quantitative estimate of drug-likeness (QED) is 0.652. The minimum absolute atomic E-state index is 0.00465. The molecule has 1 N–H and O–H groups in total. The van der Waals surface area contributed by atoms with Crippen molar-refractivity contribution in [3.05, 3.63) is 56.5 Å². The van der Waals surface area contributed by atoms with Crippen molar-refractivity contribution >= 4 is 29.0 Å². The Kier molecular flexibility index (Phi) is 3.57. The fourth-order valence-corrected chi connectivity index (χ4v) is 3.71. The lowest BCUT2D eigenvalue weighted by Gasteiger charge is -2.34. The number of hydrogen-bond donors (Lipinski definition) is 1. The summed E-state index contributed by atoms with van der Waals surface area (Å²) in [6.07, 6.45) is 2.51. The van der Waals surface area contributed by atoms with Gasteiger partial charge in [-0.25, -0.2) is 4.68 Å². The number of nitrogens with one attached hydrogen (secondary N) is 1. The van der Waals surface area contributed by atoms with E-state index in [1.807, 2.05) is 6.92 Å². The molecular weight excluding hydrogens is 346 g/mol. The summed E-state index contributed by atoms with van der Waals surface area (Å²) in [5.41, 5.74) is 1.73. The van der Waals surface area contributed by atoms with Crippen molar-refractivity contribution in [2.24, 2.45) is 5.92 Å². The molecule has 1 aromatic heterocycles. The zero-order chi connectivity index (χ0) is 17.7. The maximum atomic E-state index is 12.7. The number of aromatic nitrogens is 3. The Morgan fingerprint density at radius 3 is 2.96 bits per heavy atom. The minimum Gasteiger partial charge on any atom is -0.328 e. The summed E-state index contributed by atoms with van der Waals surface area (Å²) in [6, 6.07) is 3.60. The number of ketones is 1. The Balaban J connectivity index is 1.94. The van der Waals surface area contributed by atoms with Crippen LogP contribution in [0.25, 0.3) is 0 Å². The highest BCUT2D eigenvalue weighted by atomic mass is 35.5. The first-order chi connectivity index (χ1) is 12.0. The van der Waals surface area contributed by atoms with Crippen molar-refractivity contribution in [3.8, 4) is 0 Å². The molecule has 9 heteroatoms. The lowest BCUT2D eigenvalue weighted by molar-refractivity contribution is -0.384. The molecule has 25 heavy (non-hydrogen) atoms. The van der Waals surface area contributed by atoms with E-state index in [9.17, 15) is 14.9 Å². The molecule has 1 aromatic carbocycles. The maximum Gasteiger partial charge on any atom is 0.269 e. The molecule has 4 rings (SSSR count). The first-order valence-electron chi connectivity index (χ1n) is 7.82. The van der Waals surface area contributed by atoms with Gasteiger partial charge in [0.1, 0.15) is 12.4 Å². The molecule has 0 saturated heterocycles. The van der Waals surface area contributed by atoms with Crippen LogP contribution in [-0.4, -0.2) is 25.5 Å². The van der Waals surface area contributed by atoms with E-state index < -0.39 is 11.0 Å². The number of Topliss-reactive ketones (excluding diaryl/α,β-unsaturated/α-hetero) is 1. The zero-order valence-corrected chi connectivity index (χ0v) is 14.0. The van der Waals surface area contributed by atoms with Crippen molar-refractivity contribution in [3.63, 3.8) is 0 Å². The van der Waals surface area contributed by atoms with Crippen LogP contribution in [-0.2, 0) is 4.79 Å². The smallest absolute Gasteiger partial charge is 0.269 e. The highest BCUT2D eigenvalue weighted by Crippen LogP contribution is 2.43. The number of nitrogens with zero attached hydrogens (tertiary/aromatic N) is 4. The summed E-state index contributed by atoms with van der Waals surface area (Å²) < 4.78 is 1.55. The third-order valence-electron chi connectivity index (χ3n) is 4.55. The fourth-order valence-electron chi connectivity index (χ4n) is 3.49. The average molecular weight is 360 g/mol. The van der Waals surface area contributed by atoms with E-state index in [2.05, 4.69) is 15.4 Å². The number of non-ortho nitro benzene ring substituents is 1. The van der Waals surface area contributed by atoms with Gasteiger partial charge in [0.2, 0.25) is 5.95 Å². The van der Waals surface area contributed by atoms with Crippen LogP contribution >= 0.6 is 11.6 Å². The number of carbonyl (C=O) groups excluding carboxylic acids is 1. The number of hydrogen-bond acceptors (Lipinski definition) is 6. The van der Waals surface area contributed by atoms with E-state index in [1.165, 1.54) is 24.5 Å². The van der Waals surface area contributed by atoms with Gasteiger partial charge >= 0.3 is 0 Å². The van der Waals surface area contributed by atoms with Crippen LogP contribution in [0.3, 0.4) is 0 Å². The Hall–Kier alpha value is -2.74. The third-order valence-corrected chi connectivity index (χ3v) is 4.89. The molecular formula is C16H14ClN5O3. The van der Waals surface area contributed by atoms with Gasteiger partial charge in [-0.15, -0.1) is 0 Å². The number of nitro groups is 1. The summed E-state index contributed by atoms with van der Waals surface area (Å²) in [5, 5.41) is 18.9. The van der Waals surface area contributed by atoms with E-state index in [-0.39, 0.29) is 17.4 Å². The molecule has 0 saturated carbocycles. The molecule has 2 unspecified atom stereocenters. The van der Waals surface area contributed by atoms with E-state index in [0.717, 1.165) is 5.70 Å². The maximum absolute atomic E-state index is 12.7. The van der Waals surface area contributed by atoms with Crippen molar-refractivity contribution < 1.29 is 9.72 Å². The molecule has 2 heterocycles. The molecule has 2 atom stereocenters. The van der Waals surface area contributed by atoms with E-state index in [1.54, 1.807) is 4.68 Å². The molecule has 1 aliphatic heterocycles.